The molecule has 0 saturated carbocycles. The minimum atomic E-state index is -0.0360. The van der Waals surface area contributed by atoms with Gasteiger partial charge in [-0.2, -0.15) is 0 Å². The predicted octanol–water partition coefficient (Wildman–Crippen LogP) is 4.61. The van der Waals surface area contributed by atoms with Crippen LogP contribution < -0.4 is 10.3 Å². The van der Waals surface area contributed by atoms with Crippen LogP contribution in [0.25, 0.3) is 10.9 Å². The second-order valence-corrected chi connectivity index (χ2v) is 8.62. The molecule has 6 nitrogen and oxygen atoms in total. The smallest absolute Gasteiger partial charge is 0.262 e. The van der Waals surface area contributed by atoms with Crippen molar-refractivity contribution in [2.45, 2.75) is 43.1 Å². The van der Waals surface area contributed by atoms with E-state index >= 15 is 0 Å². The number of fused-ring (bicyclic) bond motifs is 2. The Hall–Kier alpha value is -3.06. The lowest BCUT2D eigenvalue weighted by Crippen LogP contribution is -2.24. The number of rotatable bonds is 6. The minimum Gasteiger partial charge on any atom is -0.497 e. The van der Waals surface area contributed by atoms with E-state index in [0.29, 0.717) is 28.4 Å². The van der Waals surface area contributed by atoms with Gasteiger partial charge in [-0.05, 0) is 49.1 Å². The number of thioether (sulfide) groups is 1. The fraction of sp³-hybridized carbons (Fsp3) is 0.292. The molecule has 0 radical (unpaired) electrons. The van der Waals surface area contributed by atoms with Gasteiger partial charge in [-0.1, -0.05) is 41.2 Å². The van der Waals surface area contributed by atoms with Gasteiger partial charge >= 0.3 is 0 Å². The zero-order valence-electron chi connectivity index (χ0n) is 17.3. The third-order valence-corrected chi connectivity index (χ3v) is 6.68. The summed E-state index contributed by atoms with van der Waals surface area (Å²) < 4.78 is 12.6. The summed E-state index contributed by atoms with van der Waals surface area (Å²) in [5, 5.41) is 5.62. The molecule has 7 heteroatoms. The first-order valence-electron chi connectivity index (χ1n) is 10.4. The van der Waals surface area contributed by atoms with Gasteiger partial charge in [0.1, 0.15) is 11.5 Å². The van der Waals surface area contributed by atoms with E-state index in [9.17, 15) is 4.79 Å². The highest BCUT2D eigenvalue weighted by Gasteiger charge is 2.20. The highest BCUT2D eigenvalue weighted by atomic mass is 32.2. The maximum absolute atomic E-state index is 13.3. The number of para-hydroxylation sites is 1. The van der Waals surface area contributed by atoms with Gasteiger partial charge in [0.25, 0.3) is 5.56 Å². The number of aryl methyl sites for hydroxylation is 1. The SMILES string of the molecule is COc1ccc(Cn2c(SCc3noc4c3CCCC4)nc3ccccc3c2=O)cc1. The highest BCUT2D eigenvalue weighted by Crippen LogP contribution is 2.29. The Morgan fingerprint density at radius 2 is 1.90 bits per heavy atom. The molecule has 0 amide bonds. The van der Waals surface area contributed by atoms with Crippen molar-refractivity contribution in [3.63, 3.8) is 0 Å². The monoisotopic (exact) mass is 433 g/mol. The molecule has 5 rings (SSSR count). The fourth-order valence-electron chi connectivity index (χ4n) is 4.01. The first-order chi connectivity index (χ1) is 15.2. The summed E-state index contributed by atoms with van der Waals surface area (Å²) in [4.78, 5) is 18.1. The van der Waals surface area contributed by atoms with Gasteiger partial charge in [-0.3, -0.25) is 9.36 Å². The summed E-state index contributed by atoms with van der Waals surface area (Å²) >= 11 is 1.54. The molecule has 0 fully saturated rings. The lowest BCUT2D eigenvalue weighted by Gasteiger charge is -2.14. The molecular formula is C24H23N3O3S. The highest BCUT2D eigenvalue weighted by molar-refractivity contribution is 7.98. The van der Waals surface area contributed by atoms with Gasteiger partial charge < -0.3 is 9.26 Å². The van der Waals surface area contributed by atoms with Gasteiger partial charge in [0.05, 0.1) is 30.3 Å². The maximum atomic E-state index is 13.3. The molecule has 0 unspecified atom stereocenters. The van der Waals surface area contributed by atoms with Crippen LogP contribution in [0.5, 0.6) is 5.75 Å². The molecule has 1 aliphatic carbocycles. The van der Waals surface area contributed by atoms with Crippen molar-refractivity contribution in [1.29, 1.82) is 0 Å². The van der Waals surface area contributed by atoms with E-state index in [1.165, 1.54) is 23.7 Å². The molecule has 0 N–H and O–H groups in total. The Bertz CT molecular complexity index is 1280. The summed E-state index contributed by atoms with van der Waals surface area (Å²) in [5.74, 6) is 2.44. The van der Waals surface area contributed by atoms with Crippen molar-refractivity contribution < 1.29 is 9.26 Å². The average molecular weight is 434 g/mol. The van der Waals surface area contributed by atoms with E-state index < -0.39 is 0 Å². The van der Waals surface area contributed by atoms with E-state index in [0.717, 1.165) is 42.0 Å². The quantitative estimate of drug-likeness (QED) is 0.327. The number of nitrogens with zero attached hydrogens (tertiary/aromatic N) is 3. The molecule has 0 saturated heterocycles. The Morgan fingerprint density at radius 1 is 1.10 bits per heavy atom. The van der Waals surface area contributed by atoms with Gasteiger partial charge in [0.15, 0.2) is 5.16 Å². The lowest BCUT2D eigenvalue weighted by molar-refractivity contribution is 0.369. The van der Waals surface area contributed by atoms with Crippen LogP contribution in [0.3, 0.4) is 0 Å². The Kier molecular flexibility index (Phi) is 5.51. The molecule has 2 aromatic heterocycles. The minimum absolute atomic E-state index is 0.0360. The fourth-order valence-corrected chi connectivity index (χ4v) is 4.97. The van der Waals surface area contributed by atoms with Crippen LogP contribution in [0.1, 0.15) is 35.4 Å². The van der Waals surface area contributed by atoms with Crippen molar-refractivity contribution >= 4 is 22.7 Å². The third kappa shape index (κ3) is 3.97. The standard InChI is InChI=1S/C24H23N3O3S/c1-29-17-12-10-16(11-13-17)14-27-23(28)19-7-2-4-8-20(19)25-24(27)31-15-21-18-6-3-5-9-22(18)30-26-21/h2,4,7-8,10-13H,3,5-6,9,14-15H2,1H3. The number of methoxy groups -OCH3 is 1. The van der Waals surface area contributed by atoms with Gasteiger partial charge in [0.2, 0.25) is 0 Å². The topological polar surface area (TPSA) is 70.2 Å². The van der Waals surface area contributed by atoms with Crippen molar-refractivity contribution in [2.24, 2.45) is 0 Å². The van der Waals surface area contributed by atoms with Crippen LogP contribution in [-0.4, -0.2) is 21.8 Å². The van der Waals surface area contributed by atoms with Crippen LogP contribution in [-0.2, 0) is 25.1 Å². The molecule has 2 heterocycles. The Labute approximate surface area is 184 Å². The number of aromatic nitrogens is 3. The molecule has 0 spiro atoms. The number of hydrogen-bond donors (Lipinski definition) is 0. The van der Waals surface area contributed by atoms with Crippen molar-refractivity contribution in [3.8, 4) is 5.75 Å². The van der Waals surface area contributed by atoms with E-state index in [2.05, 4.69) is 5.16 Å². The molecule has 0 atom stereocenters. The van der Waals surface area contributed by atoms with Crippen molar-refractivity contribution in [1.82, 2.24) is 14.7 Å². The van der Waals surface area contributed by atoms with Gasteiger partial charge in [-0.15, -0.1) is 0 Å². The van der Waals surface area contributed by atoms with Gasteiger partial charge in [0, 0.05) is 17.7 Å². The molecule has 4 aromatic rings. The number of hydrogen-bond acceptors (Lipinski definition) is 6. The normalized spacial score (nSPS) is 13.3. The van der Waals surface area contributed by atoms with Crippen LogP contribution >= 0.6 is 11.8 Å². The first kappa shape index (κ1) is 19.9. The van der Waals surface area contributed by atoms with E-state index in [1.54, 1.807) is 11.7 Å². The molecule has 0 bridgehead atoms. The summed E-state index contributed by atoms with van der Waals surface area (Å²) in [7, 11) is 1.64. The van der Waals surface area contributed by atoms with Crippen LogP contribution in [0.4, 0.5) is 0 Å². The lowest BCUT2D eigenvalue weighted by atomic mass is 9.97. The maximum Gasteiger partial charge on any atom is 0.262 e. The van der Waals surface area contributed by atoms with Gasteiger partial charge in [-0.25, -0.2) is 4.98 Å². The van der Waals surface area contributed by atoms with Crippen LogP contribution in [0.15, 0.2) is 63.0 Å². The Morgan fingerprint density at radius 3 is 2.74 bits per heavy atom. The molecule has 158 valence electrons. The first-order valence-corrected chi connectivity index (χ1v) is 11.4. The van der Waals surface area contributed by atoms with Crippen molar-refractivity contribution in [2.75, 3.05) is 7.11 Å². The zero-order valence-corrected chi connectivity index (χ0v) is 18.2. The average Bonchev–Trinajstić information content (AvgIpc) is 3.23. The summed E-state index contributed by atoms with van der Waals surface area (Å²) in [5.41, 5.74) is 3.90. The number of ether oxygens (including phenoxy) is 1. The Balaban J connectivity index is 1.50. The molecular weight excluding hydrogens is 410 g/mol. The summed E-state index contributed by atoms with van der Waals surface area (Å²) in [6.45, 7) is 0.444. The molecule has 31 heavy (non-hydrogen) atoms. The largest absolute Gasteiger partial charge is 0.497 e. The molecule has 1 aliphatic rings. The van der Waals surface area contributed by atoms with E-state index in [-0.39, 0.29) is 5.56 Å². The third-order valence-electron chi connectivity index (χ3n) is 5.70. The number of benzene rings is 2. The second kappa shape index (κ2) is 8.59. The molecule has 2 aromatic carbocycles. The zero-order chi connectivity index (χ0) is 21.2. The van der Waals surface area contributed by atoms with Crippen molar-refractivity contribution in [3.05, 3.63) is 81.5 Å². The van der Waals surface area contributed by atoms with Crippen LogP contribution in [0, 0.1) is 0 Å². The predicted molar refractivity (Wildman–Crippen MR) is 121 cm³/mol. The second-order valence-electron chi connectivity index (χ2n) is 7.68. The van der Waals surface area contributed by atoms with E-state index in [1.807, 2.05) is 48.5 Å². The van der Waals surface area contributed by atoms with Crippen LogP contribution in [0.2, 0.25) is 0 Å². The summed E-state index contributed by atoms with van der Waals surface area (Å²) in [6, 6.07) is 15.3. The summed E-state index contributed by atoms with van der Waals surface area (Å²) in [6.07, 6.45) is 4.30. The molecule has 0 aliphatic heterocycles. The van der Waals surface area contributed by atoms with E-state index in [4.69, 9.17) is 14.2 Å².